The van der Waals surface area contributed by atoms with E-state index in [2.05, 4.69) is 21.2 Å². The van der Waals surface area contributed by atoms with Crippen LogP contribution < -0.4 is 5.32 Å². The Morgan fingerprint density at radius 2 is 1.58 bits per heavy atom. The van der Waals surface area contributed by atoms with E-state index in [1.54, 1.807) is 0 Å². The average Bonchev–Trinajstić information content (AvgIpc) is 2.47. The van der Waals surface area contributed by atoms with Crippen molar-refractivity contribution in [1.29, 1.82) is 0 Å². The minimum absolute atomic E-state index is 0.187. The molecule has 0 atom stereocenters. The van der Waals surface area contributed by atoms with Gasteiger partial charge in [0.15, 0.2) is 0 Å². The van der Waals surface area contributed by atoms with E-state index in [-0.39, 0.29) is 15.7 Å². The van der Waals surface area contributed by atoms with Gasteiger partial charge >= 0.3 is 12.4 Å². The van der Waals surface area contributed by atoms with Crippen LogP contribution in [-0.4, -0.2) is 5.91 Å². The number of halogens is 7. The van der Waals surface area contributed by atoms with Crippen molar-refractivity contribution in [2.75, 3.05) is 5.32 Å². The van der Waals surface area contributed by atoms with Crippen LogP contribution in [0.1, 0.15) is 21.5 Å². The molecule has 2 rings (SSSR count). The summed E-state index contributed by atoms with van der Waals surface area (Å²) >= 11 is 2.75. The Kier molecular flexibility index (Phi) is 4.93. The Balaban J connectivity index is 2.28. The number of hydrogen-bond acceptors (Lipinski definition) is 1. The first-order valence-electron chi connectivity index (χ1n) is 6.34. The molecule has 2 nitrogen and oxygen atoms in total. The SMILES string of the molecule is O=C(Nc1ccc(Br)c(C(F)(F)F)c1)c1cccc(C(F)(F)F)c1. The van der Waals surface area contributed by atoms with Crippen molar-refractivity contribution in [3.8, 4) is 0 Å². The summed E-state index contributed by atoms with van der Waals surface area (Å²) in [5, 5.41) is 2.15. The zero-order valence-corrected chi connectivity index (χ0v) is 13.2. The lowest BCUT2D eigenvalue weighted by molar-refractivity contribution is -0.138. The van der Waals surface area contributed by atoms with Gasteiger partial charge in [-0.05, 0) is 36.4 Å². The molecule has 2 aromatic rings. The number of alkyl halides is 6. The van der Waals surface area contributed by atoms with Gasteiger partial charge in [0.2, 0.25) is 0 Å². The van der Waals surface area contributed by atoms with Crippen molar-refractivity contribution in [3.05, 3.63) is 63.6 Å². The normalized spacial score (nSPS) is 12.1. The van der Waals surface area contributed by atoms with Gasteiger partial charge in [-0.1, -0.05) is 22.0 Å². The van der Waals surface area contributed by atoms with Crippen molar-refractivity contribution in [2.45, 2.75) is 12.4 Å². The summed E-state index contributed by atoms with van der Waals surface area (Å²) in [6.45, 7) is 0. The van der Waals surface area contributed by atoms with Gasteiger partial charge in [-0.15, -0.1) is 0 Å². The Bertz CT molecular complexity index is 769. The van der Waals surface area contributed by atoms with Crippen molar-refractivity contribution in [1.82, 2.24) is 0 Å². The first-order chi connectivity index (χ1) is 11.0. The predicted octanol–water partition coefficient (Wildman–Crippen LogP) is 5.74. The second kappa shape index (κ2) is 6.46. The predicted molar refractivity (Wildman–Crippen MR) is 78.5 cm³/mol. The quantitative estimate of drug-likeness (QED) is 0.627. The molecule has 9 heteroatoms. The zero-order chi connectivity index (χ0) is 18.1. The smallest absolute Gasteiger partial charge is 0.322 e. The van der Waals surface area contributed by atoms with E-state index < -0.39 is 29.4 Å². The van der Waals surface area contributed by atoms with E-state index in [4.69, 9.17) is 0 Å². The van der Waals surface area contributed by atoms with Crippen molar-refractivity contribution in [3.63, 3.8) is 0 Å². The molecule has 2 aromatic carbocycles. The molecular formula is C15H8BrF6NO. The Morgan fingerprint density at radius 1 is 0.917 bits per heavy atom. The lowest BCUT2D eigenvalue weighted by Crippen LogP contribution is -2.15. The first kappa shape index (κ1) is 18.3. The molecule has 0 aliphatic heterocycles. The van der Waals surface area contributed by atoms with Crippen LogP contribution in [0.25, 0.3) is 0 Å². The van der Waals surface area contributed by atoms with Gasteiger partial charge in [0, 0.05) is 15.7 Å². The van der Waals surface area contributed by atoms with Gasteiger partial charge in [-0.25, -0.2) is 0 Å². The van der Waals surface area contributed by atoms with Crippen LogP contribution in [0.15, 0.2) is 46.9 Å². The van der Waals surface area contributed by atoms with Gasteiger partial charge in [0.25, 0.3) is 5.91 Å². The van der Waals surface area contributed by atoms with Crippen LogP contribution >= 0.6 is 15.9 Å². The fourth-order valence-electron chi connectivity index (χ4n) is 1.86. The molecule has 0 aromatic heterocycles. The number of rotatable bonds is 2. The summed E-state index contributed by atoms with van der Waals surface area (Å²) in [4.78, 5) is 12.0. The number of nitrogens with one attached hydrogen (secondary N) is 1. The van der Waals surface area contributed by atoms with Gasteiger partial charge in [-0.3, -0.25) is 4.79 Å². The molecule has 0 radical (unpaired) electrons. The highest BCUT2D eigenvalue weighted by molar-refractivity contribution is 9.10. The maximum Gasteiger partial charge on any atom is 0.417 e. The number of carbonyl (C=O) groups excluding carboxylic acids is 1. The summed E-state index contributed by atoms with van der Waals surface area (Å²) < 4.78 is 76.1. The van der Waals surface area contributed by atoms with Gasteiger partial charge in [0.1, 0.15) is 0 Å². The standard InChI is InChI=1S/C15H8BrF6NO/c16-12-5-4-10(7-11(12)15(20,21)22)23-13(24)8-2-1-3-9(6-8)14(17,18)19/h1-7H,(H,23,24). The van der Waals surface area contributed by atoms with Crippen molar-refractivity contribution >= 4 is 27.5 Å². The van der Waals surface area contributed by atoms with Crippen LogP contribution in [0.3, 0.4) is 0 Å². The highest BCUT2D eigenvalue weighted by Crippen LogP contribution is 2.36. The third kappa shape index (κ3) is 4.28. The van der Waals surface area contributed by atoms with Gasteiger partial charge in [0.05, 0.1) is 11.1 Å². The Morgan fingerprint density at radius 3 is 2.17 bits per heavy atom. The number of anilines is 1. The van der Waals surface area contributed by atoms with Crippen molar-refractivity contribution < 1.29 is 31.1 Å². The summed E-state index contributed by atoms with van der Waals surface area (Å²) in [5.74, 6) is -0.948. The molecule has 1 N–H and O–H groups in total. The van der Waals surface area contributed by atoms with Crippen molar-refractivity contribution in [2.24, 2.45) is 0 Å². The Hall–Kier alpha value is -2.03. The van der Waals surface area contributed by atoms with E-state index in [1.165, 1.54) is 6.07 Å². The summed E-state index contributed by atoms with van der Waals surface area (Å²) in [6, 6.07) is 6.57. The van der Waals surface area contributed by atoms with Gasteiger partial charge in [-0.2, -0.15) is 26.3 Å². The maximum absolute atomic E-state index is 12.8. The molecule has 0 saturated carbocycles. The van der Waals surface area contributed by atoms with Crippen LogP contribution in [0.2, 0.25) is 0 Å². The number of benzene rings is 2. The fraction of sp³-hybridized carbons (Fsp3) is 0.133. The molecule has 0 aliphatic carbocycles. The van der Waals surface area contributed by atoms with Gasteiger partial charge < -0.3 is 5.32 Å². The van der Waals surface area contributed by atoms with Crippen LogP contribution in [0.5, 0.6) is 0 Å². The highest BCUT2D eigenvalue weighted by atomic mass is 79.9. The third-order valence-electron chi connectivity index (χ3n) is 2.98. The molecule has 0 aliphatic rings. The average molecular weight is 412 g/mol. The van der Waals surface area contributed by atoms with E-state index in [9.17, 15) is 31.1 Å². The fourth-order valence-corrected chi connectivity index (χ4v) is 2.33. The second-order valence-corrected chi connectivity index (χ2v) is 5.58. The molecule has 0 fully saturated rings. The molecule has 1 amide bonds. The molecule has 128 valence electrons. The van der Waals surface area contributed by atoms with E-state index in [0.717, 1.165) is 24.3 Å². The van der Waals surface area contributed by atoms with E-state index in [1.807, 2.05) is 0 Å². The van der Waals surface area contributed by atoms with Crippen LogP contribution in [0.4, 0.5) is 32.0 Å². The maximum atomic E-state index is 12.8. The second-order valence-electron chi connectivity index (χ2n) is 4.73. The highest BCUT2D eigenvalue weighted by Gasteiger charge is 2.33. The number of hydrogen-bond donors (Lipinski definition) is 1. The monoisotopic (exact) mass is 411 g/mol. The summed E-state index contributed by atoms with van der Waals surface area (Å²) in [7, 11) is 0. The molecule has 0 bridgehead atoms. The molecule has 24 heavy (non-hydrogen) atoms. The summed E-state index contributed by atoms with van der Waals surface area (Å²) in [5.41, 5.74) is -2.54. The molecule has 0 spiro atoms. The molecule has 0 saturated heterocycles. The first-order valence-corrected chi connectivity index (χ1v) is 7.13. The Labute approximate surface area is 140 Å². The largest absolute Gasteiger partial charge is 0.417 e. The number of amides is 1. The minimum atomic E-state index is -4.64. The lowest BCUT2D eigenvalue weighted by atomic mass is 10.1. The molecule has 0 unspecified atom stereocenters. The topological polar surface area (TPSA) is 29.1 Å². The zero-order valence-electron chi connectivity index (χ0n) is 11.6. The third-order valence-corrected chi connectivity index (χ3v) is 3.67. The van der Waals surface area contributed by atoms with Crippen LogP contribution in [0, 0.1) is 0 Å². The minimum Gasteiger partial charge on any atom is -0.322 e. The van der Waals surface area contributed by atoms with E-state index >= 15 is 0 Å². The number of carbonyl (C=O) groups is 1. The lowest BCUT2D eigenvalue weighted by Gasteiger charge is -2.12. The summed E-state index contributed by atoms with van der Waals surface area (Å²) in [6.07, 6.45) is -9.27. The molecule has 0 heterocycles. The molecular weight excluding hydrogens is 404 g/mol. The van der Waals surface area contributed by atoms with E-state index in [0.29, 0.717) is 12.1 Å². The van der Waals surface area contributed by atoms with Crippen LogP contribution in [-0.2, 0) is 12.4 Å².